The molecule has 1 saturated heterocycles. The smallest absolute Gasteiger partial charge is 0.411 e. The topological polar surface area (TPSA) is 116 Å². The number of carbonyl (C=O) groups is 3. The van der Waals surface area contributed by atoms with Crippen molar-refractivity contribution in [3.05, 3.63) is 67.3 Å². The van der Waals surface area contributed by atoms with E-state index in [9.17, 15) is 14.4 Å². The van der Waals surface area contributed by atoms with Crippen LogP contribution in [-0.2, 0) is 19.1 Å². The van der Waals surface area contributed by atoms with Crippen LogP contribution in [0.5, 0.6) is 11.5 Å². The lowest BCUT2D eigenvalue weighted by Gasteiger charge is -2.28. The monoisotopic (exact) mass is 587 g/mol. The Kier molecular flexibility index (Phi) is 8.05. The summed E-state index contributed by atoms with van der Waals surface area (Å²) in [4.78, 5) is 45.8. The van der Waals surface area contributed by atoms with Crippen LogP contribution in [0, 0.1) is 5.92 Å². The van der Waals surface area contributed by atoms with Gasteiger partial charge in [0.15, 0.2) is 0 Å². The summed E-state index contributed by atoms with van der Waals surface area (Å²) in [6, 6.07) is 16.2. The van der Waals surface area contributed by atoms with Crippen LogP contribution in [0.15, 0.2) is 67.3 Å². The molecule has 4 atom stereocenters. The van der Waals surface area contributed by atoms with Crippen molar-refractivity contribution >= 4 is 28.9 Å². The fraction of sp³-hybridized carbons (Fsp3) is 0.394. The molecule has 1 aromatic heterocycles. The van der Waals surface area contributed by atoms with Gasteiger partial charge in [-0.05, 0) is 39.3 Å². The summed E-state index contributed by atoms with van der Waals surface area (Å²) in [6.07, 6.45) is 0.987. The molecule has 10 heteroatoms. The van der Waals surface area contributed by atoms with Crippen LogP contribution < -0.4 is 14.8 Å². The first-order chi connectivity index (χ1) is 20.5. The Morgan fingerprint density at radius 1 is 1.09 bits per heavy atom. The number of nitrogens with zero attached hydrogens (tertiary/aromatic N) is 2. The number of aromatic nitrogens is 1. The van der Waals surface area contributed by atoms with E-state index in [1.807, 2.05) is 54.6 Å². The molecule has 5 rings (SSSR count). The Balaban J connectivity index is 1.46. The van der Waals surface area contributed by atoms with E-state index in [1.54, 1.807) is 34.0 Å². The molecule has 1 saturated carbocycles. The van der Waals surface area contributed by atoms with Crippen LogP contribution in [0.1, 0.15) is 33.6 Å². The van der Waals surface area contributed by atoms with Crippen LogP contribution in [0.25, 0.3) is 22.2 Å². The van der Waals surface area contributed by atoms with E-state index in [4.69, 9.17) is 23.9 Å². The van der Waals surface area contributed by atoms with Crippen LogP contribution in [0.4, 0.5) is 4.79 Å². The molecule has 0 bridgehead atoms. The van der Waals surface area contributed by atoms with E-state index < -0.39 is 41.3 Å². The van der Waals surface area contributed by atoms with Gasteiger partial charge in [0.25, 0.3) is 0 Å². The maximum atomic E-state index is 13.7. The number of methoxy groups -OCH3 is 2. The quantitative estimate of drug-likeness (QED) is 0.292. The third kappa shape index (κ3) is 6.14. The Morgan fingerprint density at radius 3 is 2.47 bits per heavy atom. The average Bonchev–Trinajstić information content (AvgIpc) is 3.54. The second-order valence-corrected chi connectivity index (χ2v) is 11.9. The molecular formula is C33H37N3O7. The SMILES string of the molecule is C=CC1CC1(NC(=O)C1CC(Oc2cc(-c3ccccc3)nc3cc(OC)ccc23)CN1C(=O)OC(C)(C)C)C(=O)OC. The zero-order chi connectivity index (χ0) is 30.9. The van der Waals surface area contributed by atoms with Gasteiger partial charge in [-0.1, -0.05) is 36.4 Å². The summed E-state index contributed by atoms with van der Waals surface area (Å²) in [7, 11) is 2.87. The summed E-state index contributed by atoms with van der Waals surface area (Å²) >= 11 is 0. The first-order valence-electron chi connectivity index (χ1n) is 14.2. The van der Waals surface area contributed by atoms with Crippen LogP contribution in [-0.4, -0.2) is 71.9 Å². The van der Waals surface area contributed by atoms with Crippen molar-refractivity contribution in [3.63, 3.8) is 0 Å². The molecule has 1 aliphatic heterocycles. The zero-order valence-corrected chi connectivity index (χ0v) is 25.1. The maximum Gasteiger partial charge on any atom is 0.411 e. The van der Waals surface area contributed by atoms with E-state index in [-0.39, 0.29) is 18.9 Å². The summed E-state index contributed by atoms with van der Waals surface area (Å²) in [5.74, 6) is -0.0821. The van der Waals surface area contributed by atoms with Crippen molar-refractivity contribution in [1.29, 1.82) is 0 Å². The molecule has 0 radical (unpaired) electrons. The van der Waals surface area contributed by atoms with E-state index in [0.29, 0.717) is 29.1 Å². The second kappa shape index (κ2) is 11.6. The number of likely N-dealkylation sites (tertiary alicyclic amines) is 1. The third-order valence-electron chi connectivity index (χ3n) is 7.73. The minimum Gasteiger partial charge on any atom is -0.497 e. The second-order valence-electron chi connectivity index (χ2n) is 11.9. The van der Waals surface area contributed by atoms with E-state index in [2.05, 4.69) is 11.9 Å². The lowest BCUT2D eigenvalue weighted by Crippen LogP contribution is -2.53. The molecule has 3 aromatic rings. The number of pyridine rings is 1. The van der Waals surface area contributed by atoms with Crippen molar-refractivity contribution in [1.82, 2.24) is 15.2 Å². The highest BCUT2D eigenvalue weighted by atomic mass is 16.6. The number of nitrogens with one attached hydrogen (secondary N) is 1. The molecular weight excluding hydrogens is 550 g/mol. The van der Waals surface area contributed by atoms with E-state index in [0.717, 1.165) is 10.9 Å². The largest absolute Gasteiger partial charge is 0.497 e. The molecule has 2 amide bonds. The Morgan fingerprint density at radius 2 is 1.84 bits per heavy atom. The molecule has 2 heterocycles. The Bertz CT molecular complexity index is 1550. The lowest BCUT2D eigenvalue weighted by atomic mass is 10.1. The summed E-state index contributed by atoms with van der Waals surface area (Å²) in [5, 5.41) is 3.61. The first-order valence-corrected chi connectivity index (χ1v) is 14.2. The van der Waals surface area contributed by atoms with Gasteiger partial charge in [0.05, 0.1) is 32.0 Å². The molecule has 2 fully saturated rings. The van der Waals surface area contributed by atoms with Crippen molar-refractivity contribution in [2.24, 2.45) is 5.92 Å². The number of hydrogen-bond acceptors (Lipinski definition) is 8. The van der Waals surface area contributed by atoms with Gasteiger partial charge >= 0.3 is 12.1 Å². The number of carbonyl (C=O) groups excluding carboxylic acids is 3. The van der Waals surface area contributed by atoms with E-state index in [1.165, 1.54) is 12.0 Å². The highest BCUT2D eigenvalue weighted by Crippen LogP contribution is 2.45. The van der Waals surface area contributed by atoms with E-state index >= 15 is 0 Å². The predicted octanol–water partition coefficient (Wildman–Crippen LogP) is 4.90. The predicted molar refractivity (Wildman–Crippen MR) is 161 cm³/mol. The molecule has 2 aromatic carbocycles. The Labute approximate surface area is 251 Å². The van der Waals surface area contributed by atoms with Crippen molar-refractivity contribution in [2.75, 3.05) is 20.8 Å². The van der Waals surface area contributed by atoms with Gasteiger partial charge in [0, 0.05) is 35.4 Å². The molecule has 2 aliphatic rings. The van der Waals surface area contributed by atoms with Gasteiger partial charge in [-0.3, -0.25) is 9.69 Å². The molecule has 1 aliphatic carbocycles. The van der Waals surface area contributed by atoms with Crippen molar-refractivity contribution < 1.29 is 33.3 Å². The van der Waals surface area contributed by atoms with Gasteiger partial charge in [-0.15, -0.1) is 6.58 Å². The summed E-state index contributed by atoms with van der Waals surface area (Å²) < 4.78 is 22.6. The van der Waals surface area contributed by atoms with Gasteiger partial charge in [0.1, 0.15) is 34.8 Å². The van der Waals surface area contributed by atoms with Gasteiger partial charge < -0.3 is 24.3 Å². The molecule has 4 unspecified atom stereocenters. The van der Waals surface area contributed by atoms with Gasteiger partial charge in [0.2, 0.25) is 5.91 Å². The lowest BCUT2D eigenvalue weighted by molar-refractivity contribution is -0.147. The highest BCUT2D eigenvalue weighted by Gasteiger charge is 2.62. The standard InChI is InChI=1S/C33H37N3O7/c1-7-21-18-33(21,30(38)41-6)35-29(37)27-16-23(19-36(27)31(39)43-32(2,3)4)42-28-17-25(20-11-9-8-10-12-20)34-26-15-22(40-5)13-14-24(26)28/h7-15,17,21,23,27H,1,16,18-19H2,2-6H3,(H,35,37). The van der Waals surface area contributed by atoms with Crippen molar-refractivity contribution in [2.45, 2.75) is 56.9 Å². The molecule has 1 N–H and O–H groups in total. The number of benzene rings is 2. The number of esters is 1. The number of ether oxygens (including phenoxy) is 4. The molecule has 0 spiro atoms. The fourth-order valence-electron chi connectivity index (χ4n) is 5.48. The van der Waals surface area contributed by atoms with Crippen LogP contribution in [0.3, 0.4) is 0 Å². The summed E-state index contributed by atoms with van der Waals surface area (Å²) in [6.45, 7) is 9.16. The molecule has 43 heavy (non-hydrogen) atoms. The van der Waals surface area contributed by atoms with Gasteiger partial charge in [-0.25, -0.2) is 14.6 Å². The average molecular weight is 588 g/mol. The molecule has 10 nitrogen and oxygen atoms in total. The number of fused-ring (bicyclic) bond motifs is 1. The fourth-order valence-corrected chi connectivity index (χ4v) is 5.48. The minimum absolute atomic E-state index is 0.101. The van der Waals surface area contributed by atoms with Crippen LogP contribution in [0.2, 0.25) is 0 Å². The first kappa shape index (κ1) is 29.9. The summed E-state index contributed by atoms with van der Waals surface area (Å²) in [5.41, 5.74) is 0.315. The third-order valence-corrected chi connectivity index (χ3v) is 7.73. The zero-order valence-electron chi connectivity index (χ0n) is 25.1. The number of amides is 2. The highest BCUT2D eigenvalue weighted by molar-refractivity contribution is 5.95. The normalized spacial score (nSPS) is 22.9. The molecule has 226 valence electrons. The van der Waals surface area contributed by atoms with Crippen LogP contribution >= 0.6 is 0 Å². The minimum atomic E-state index is -1.20. The Hall–Kier alpha value is -4.60. The number of rotatable bonds is 8. The van der Waals surface area contributed by atoms with Crippen molar-refractivity contribution in [3.8, 4) is 22.8 Å². The number of hydrogen-bond donors (Lipinski definition) is 1. The maximum absolute atomic E-state index is 13.7. The van der Waals surface area contributed by atoms with Gasteiger partial charge in [-0.2, -0.15) is 0 Å².